The van der Waals surface area contributed by atoms with E-state index in [4.69, 9.17) is 4.74 Å². The van der Waals surface area contributed by atoms with Crippen molar-refractivity contribution in [1.29, 1.82) is 0 Å². The molecule has 1 atom stereocenters. The Morgan fingerprint density at radius 1 is 1.36 bits per heavy atom. The van der Waals surface area contributed by atoms with Crippen LogP contribution in [-0.2, 0) is 16.0 Å². The average Bonchev–Trinajstić information content (AvgIpc) is 2.25. The largest absolute Gasteiger partial charge is 0.465 e. The lowest BCUT2D eigenvalue weighted by Gasteiger charge is -2.12. The molecule has 1 rings (SSSR count). The zero-order chi connectivity index (χ0) is 10.2. The van der Waals surface area contributed by atoms with Crippen LogP contribution in [0.4, 0.5) is 0 Å². The Morgan fingerprint density at radius 3 is 2.64 bits per heavy atom. The van der Waals surface area contributed by atoms with Gasteiger partial charge in [0, 0.05) is 0 Å². The minimum absolute atomic E-state index is 0.0627. The van der Waals surface area contributed by atoms with Crippen LogP contribution in [0, 0.1) is 0 Å². The van der Waals surface area contributed by atoms with Crippen molar-refractivity contribution in [3.05, 3.63) is 35.9 Å². The van der Waals surface area contributed by atoms with E-state index in [1.807, 2.05) is 25.1 Å². The summed E-state index contributed by atoms with van der Waals surface area (Å²) >= 11 is 0. The molecule has 0 heterocycles. The number of ether oxygens (including phenoxy) is 1. The Morgan fingerprint density at radius 2 is 2.07 bits per heavy atom. The second-order valence-corrected chi connectivity index (χ2v) is 3.29. The summed E-state index contributed by atoms with van der Waals surface area (Å²) in [5.41, 5.74) is 1.29. The fourth-order valence-corrected chi connectivity index (χ4v) is 1.42. The van der Waals surface area contributed by atoms with Crippen LogP contribution in [-0.4, -0.2) is 12.6 Å². The maximum Gasteiger partial charge on any atom is 0.293 e. The van der Waals surface area contributed by atoms with Crippen molar-refractivity contribution in [1.82, 2.24) is 0 Å². The van der Waals surface area contributed by atoms with Gasteiger partial charge in [0.25, 0.3) is 6.47 Å². The fourth-order valence-electron chi connectivity index (χ4n) is 1.42. The van der Waals surface area contributed by atoms with E-state index >= 15 is 0 Å². The van der Waals surface area contributed by atoms with Crippen LogP contribution in [0.3, 0.4) is 0 Å². The van der Waals surface area contributed by atoms with Crippen molar-refractivity contribution >= 4 is 6.47 Å². The molecule has 0 aromatic heterocycles. The van der Waals surface area contributed by atoms with Gasteiger partial charge in [-0.2, -0.15) is 0 Å². The van der Waals surface area contributed by atoms with Crippen LogP contribution < -0.4 is 0 Å². The summed E-state index contributed by atoms with van der Waals surface area (Å²) in [5.74, 6) is 0. The maximum absolute atomic E-state index is 10.2. The first-order valence-electron chi connectivity index (χ1n) is 4.99. The molecular formula is C12H16O2. The minimum Gasteiger partial charge on any atom is -0.465 e. The van der Waals surface area contributed by atoms with E-state index in [9.17, 15) is 4.79 Å². The molecule has 2 nitrogen and oxygen atoms in total. The molecule has 14 heavy (non-hydrogen) atoms. The molecule has 0 N–H and O–H groups in total. The van der Waals surface area contributed by atoms with Gasteiger partial charge in [-0.05, 0) is 24.8 Å². The summed E-state index contributed by atoms with van der Waals surface area (Å²) in [6, 6.07) is 10.2. The standard InChI is InChI=1S/C12H16O2/c1-2-12(14-10-13)9-8-11-6-4-3-5-7-11/h3-7,10,12H,2,8-9H2,1H3. The van der Waals surface area contributed by atoms with Crippen molar-refractivity contribution in [2.24, 2.45) is 0 Å². The van der Waals surface area contributed by atoms with E-state index < -0.39 is 0 Å². The number of carbonyl (C=O) groups excluding carboxylic acids is 1. The quantitative estimate of drug-likeness (QED) is 0.647. The Hall–Kier alpha value is -1.31. The van der Waals surface area contributed by atoms with Crippen molar-refractivity contribution in [2.75, 3.05) is 0 Å². The molecule has 0 aliphatic carbocycles. The Bertz CT molecular complexity index is 256. The Labute approximate surface area is 84.9 Å². The molecule has 0 aliphatic heterocycles. The SMILES string of the molecule is CCC(CCc1ccccc1)OC=O. The van der Waals surface area contributed by atoms with Gasteiger partial charge in [0.2, 0.25) is 0 Å². The van der Waals surface area contributed by atoms with Crippen LogP contribution in [0.25, 0.3) is 0 Å². The Kier molecular flexibility index (Phi) is 4.76. The summed E-state index contributed by atoms with van der Waals surface area (Å²) in [6.45, 7) is 2.57. The van der Waals surface area contributed by atoms with Gasteiger partial charge in [-0.25, -0.2) is 0 Å². The zero-order valence-electron chi connectivity index (χ0n) is 8.48. The number of rotatable bonds is 6. The van der Waals surface area contributed by atoms with Crippen molar-refractivity contribution in [3.8, 4) is 0 Å². The number of carbonyl (C=O) groups is 1. The molecule has 2 heteroatoms. The summed E-state index contributed by atoms with van der Waals surface area (Å²) in [6.07, 6.45) is 2.81. The van der Waals surface area contributed by atoms with Crippen LogP contribution in [0.1, 0.15) is 25.3 Å². The normalized spacial score (nSPS) is 12.1. The van der Waals surface area contributed by atoms with Crippen molar-refractivity contribution < 1.29 is 9.53 Å². The second-order valence-electron chi connectivity index (χ2n) is 3.29. The lowest BCUT2D eigenvalue weighted by Crippen LogP contribution is -2.11. The summed E-state index contributed by atoms with van der Waals surface area (Å²) in [4.78, 5) is 10.2. The number of aryl methyl sites for hydroxylation is 1. The molecular weight excluding hydrogens is 176 g/mol. The zero-order valence-corrected chi connectivity index (χ0v) is 8.48. The third kappa shape index (κ3) is 3.60. The molecule has 76 valence electrons. The first-order chi connectivity index (χ1) is 6.86. The van der Waals surface area contributed by atoms with E-state index in [-0.39, 0.29) is 6.10 Å². The summed E-state index contributed by atoms with van der Waals surface area (Å²) in [7, 11) is 0. The van der Waals surface area contributed by atoms with Crippen LogP contribution >= 0.6 is 0 Å². The van der Waals surface area contributed by atoms with Crippen molar-refractivity contribution in [3.63, 3.8) is 0 Å². The van der Waals surface area contributed by atoms with Crippen LogP contribution in [0.15, 0.2) is 30.3 Å². The minimum atomic E-state index is 0.0627. The van der Waals surface area contributed by atoms with Gasteiger partial charge < -0.3 is 4.74 Å². The second kappa shape index (κ2) is 6.19. The molecule has 0 saturated carbocycles. The van der Waals surface area contributed by atoms with Gasteiger partial charge >= 0.3 is 0 Å². The number of benzene rings is 1. The van der Waals surface area contributed by atoms with E-state index in [0.717, 1.165) is 19.3 Å². The van der Waals surface area contributed by atoms with Crippen molar-refractivity contribution in [2.45, 2.75) is 32.3 Å². The molecule has 0 amide bonds. The Balaban J connectivity index is 2.35. The van der Waals surface area contributed by atoms with E-state index in [1.165, 1.54) is 5.56 Å². The molecule has 0 radical (unpaired) electrons. The highest BCUT2D eigenvalue weighted by atomic mass is 16.5. The van der Waals surface area contributed by atoms with Gasteiger partial charge in [-0.3, -0.25) is 4.79 Å². The molecule has 0 saturated heterocycles. The topological polar surface area (TPSA) is 26.3 Å². The molecule has 0 spiro atoms. The van der Waals surface area contributed by atoms with E-state index in [2.05, 4.69) is 12.1 Å². The molecule has 1 unspecified atom stereocenters. The lowest BCUT2D eigenvalue weighted by molar-refractivity contribution is -0.133. The highest BCUT2D eigenvalue weighted by Crippen LogP contribution is 2.08. The predicted octanol–water partition coefficient (Wildman–Crippen LogP) is 2.57. The van der Waals surface area contributed by atoms with Crippen LogP contribution in [0.5, 0.6) is 0 Å². The third-order valence-corrected chi connectivity index (χ3v) is 2.30. The number of hydrogen-bond acceptors (Lipinski definition) is 2. The smallest absolute Gasteiger partial charge is 0.293 e. The predicted molar refractivity (Wildman–Crippen MR) is 56.0 cm³/mol. The van der Waals surface area contributed by atoms with Gasteiger partial charge in [-0.1, -0.05) is 37.3 Å². The first kappa shape index (κ1) is 10.8. The first-order valence-corrected chi connectivity index (χ1v) is 4.99. The van der Waals surface area contributed by atoms with Gasteiger partial charge in [0.15, 0.2) is 0 Å². The number of hydrogen-bond donors (Lipinski definition) is 0. The fraction of sp³-hybridized carbons (Fsp3) is 0.417. The maximum atomic E-state index is 10.2. The van der Waals surface area contributed by atoms with E-state index in [1.54, 1.807) is 0 Å². The highest BCUT2D eigenvalue weighted by Gasteiger charge is 2.05. The van der Waals surface area contributed by atoms with Gasteiger partial charge in [-0.15, -0.1) is 0 Å². The molecule has 1 aromatic carbocycles. The molecule has 0 bridgehead atoms. The lowest BCUT2D eigenvalue weighted by atomic mass is 10.1. The van der Waals surface area contributed by atoms with Gasteiger partial charge in [0.1, 0.15) is 6.10 Å². The third-order valence-electron chi connectivity index (χ3n) is 2.30. The molecule has 1 aromatic rings. The van der Waals surface area contributed by atoms with Crippen LogP contribution in [0.2, 0.25) is 0 Å². The average molecular weight is 192 g/mol. The summed E-state index contributed by atoms with van der Waals surface area (Å²) < 4.78 is 4.93. The monoisotopic (exact) mass is 192 g/mol. The summed E-state index contributed by atoms with van der Waals surface area (Å²) in [5, 5.41) is 0. The van der Waals surface area contributed by atoms with Gasteiger partial charge in [0.05, 0.1) is 0 Å². The van der Waals surface area contributed by atoms with E-state index in [0.29, 0.717) is 6.47 Å². The molecule has 0 fully saturated rings. The molecule has 0 aliphatic rings. The highest BCUT2D eigenvalue weighted by molar-refractivity contribution is 5.37.